The molecular formula is C33H43N3O. The van der Waals surface area contributed by atoms with E-state index in [1.165, 1.54) is 73.8 Å². The summed E-state index contributed by atoms with van der Waals surface area (Å²) in [7, 11) is 0. The van der Waals surface area contributed by atoms with Crippen LogP contribution in [0, 0.1) is 5.92 Å². The Balaban J connectivity index is 1.38. The zero-order valence-electron chi connectivity index (χ0n) is 22.5. The highest BCUT2D eigenvalue weighted by molar-refractivity contribution is 6.39. The summed E-state index contributed by atoms with van der Waals surface area (Å²) in [4.78, 5) is 13.5. The Kier molecular flexibility index (Phi) is 8.76. The molecule has 3 aliphatic carbocycles. The van der Waals surface area contributed by atoms with E-state index >= 15 is 0 Å². The number of carbonyl (C=O) groups is 1. The van der Waals surface area contributed by atoms with Crippen molar-refractivity contribution < 1.29 is 4.79 Å². The van der Waals surface area contributed by atoms with Crippen molar-refractivity contribution in [1.82, 2.24) is 10.3 Å². The number of hydrogen-bond donors (Lipinski definition) is 1. The van der Waals surface area contributed by atoms with E-state index in [0.717, 1.165) is 25.7 Å². The molecule has 5 rings (SSSR count). The van der Waals surface area contributed by atoms with Gasteiger partial charge in [-0.05, 0) is 69.4 Å². The molecule has 1 aliphatic heterocycles. The molecular weight excluding hydrogens is 454 g/mol. The average molecular weight is 498 g/mol. The second kappa shape index (κ2) is 12.6. The molecule has 1 saturated carbocycles. The van der Waals surface area contributed by atoms with Crippen LogP contribution in [0.15, 0.2) is 82.7 Å². The molecule has 196 valence electrons. The van der Waals surface area contributed by atoms with Crippen LogP contribution in [-0.4, -0.2) is 28.7 Å². The molecule has 1 fully saturated rings. The number of nitrogens with one attached hydrogen (secondary N) is 1. The Bertz CT molecular complexity index is 1090. The summed E-state index contributed by atoms with van der Waals surface area (Å²) in [5.41, 5.74) is 6.33. The summed E-state index contributed by atoms with van der Waals surface area (Å²) in [5, 5.41) is 10.8. The van der Waals surface area contributed by atoms with Crippen molar-refractivity contribution in [3.05, 3.63) is 83.1 Å². The van der Waals surface area contributed by atoms with Crippen LogP contribution in [0.5, 0.6) is 0 Å². The summed E-state index contributed by atoms with van der Waals surface area (Å²) in [6, 6.07) is 10.9. The molecule has 0 bridgehead atoms. The Hall–Kier alpha value is -2.88. The van der Waals surface area contributed by atoms with Crippen LogP contribution in [0.3, 0.4) is 0 Å². The number of nitrogens with zero attached hydrogens (tertiary/aromatic N) is 2. The number of allylic oxidation sites excluding steroid dienone is 8. The molecule has 1 unspecified atom stereocenters. The van der Waals surface area contributed by atoms with E-state index in [1.807, 2.05) is 6.07 Å². The lowest BCUT2D eigenvalue weighted by molar-refractivity contribution is -0.115. The van der Waals surface area contributed by atoms with Crippen LogP contribution >= 0.6 is 0 Å². The fourth-order valence-electron chi connectivity index (χ4n) is 6.55. The van der Waals surface area contributed by atoms with Gasteiger partial charge in [-0.15, -0.1) is 0 Å². The second-order valence-electron chi connectivity index (χ2n) is 11.4. The van der Waals surface area contributed by atoms with Gasteiger partial charge in [0.05, 0.1) is 6.04 Å². The molecule has 1 aromatic carbocycles. The maximum Gasteiger partial charge on any atom is 0.268 e. The van der Waals surface area contributed by atoms with E-state index in [4.69, 9.17) is 5.10 Å². The summed E-state index contributed by atoms with van der Waals surface area (Å²) < 4.78 is 0. The maximum atomic E-state index is 13.5. The first-order valence-electron chi connectivity index (χ1n) is 14.6. The summed E-state index contributed by atoms with van der Waals surface area (Å²) in [6.07, 6.45) is 25.8. The first-order valence-corrected chi connectivity index (χ1v) is 14.6. The third kappa shape index (κ3) is 6.71. The number of carbonyl (C=O) groups excluding carboxylic acids is 1. The van der Waals surface area contributed by atoms with Crippen LogP contribution < -0.4 is 5.32 Å². The van der Waals surface area contributed by atoms with Crippen molar-refractivity contribution in [1.29, 1.82) is 0 Å². The van der Waals surface area contributed by atoms with Crippen molar-refractivity contribution in [2.24, 2.45) is 11.0 Å². The molecule has 4 nitrogen and oxygen atoms in total. The van der Waals surface area contributed by atoms with Gasteiger partial charge in [0.25, 0.3) is 5.91 Å². The van der Waals surface area contributed by atoms with E-state index in [2.05, 4.69) is 71.9 Å². The van der Waals surface area contributed by atoms with Crippen molar-refractivity contribution in [3.8, 4) is 0 Å². The number of hydrazone groups is 1. The largest absolute Gasteiger partial charge is 0.348 e. The van der Waals surface area contributed by atoms with Gasteiger partial charge in [0.2, 0.25) is 0 Å². The Morgan fingerprint density at radius 3 is 2.70 bits per heavy atom. The Morgan fingerprint density at radius 2 is 1.86 bits per heavy atom. The minimum Gasteiger partial charge on any atom is -0.348 e. The Labute approximate surface area is 223 Å². The highest BCUT2D eigenvalue weighted by Gasteiger charge is 2.36. The Morgan fingerprint density at radius 1 is 1.05 bits per heavy atom. The summed E-state index contributed by atoms with van der Waals surface area (Å²) in [6.45, 7) is 2.10. The highest BCUT2D eigenvalue weighted by atomic mass is 16.2. The minimum absolute atomic E-state index is 0.0112. The van der Waals surface area contributed by atoms with Gasteiger partial charge in [-0.3, -0.25) is 9.80 Å². The minimum atomic E-state index is 0.0112. The predicted octanol–water partition coefficient (Wildman–Crippen LogP) is 7.41. The van der Waals surface area contributed by atoms with Gasteiger partial charge in [-0.25, -0.2) is 0 Å². The maximum absolute atomic E-state index is 13.5. The fourth-order valence-corrected chi connectivity index (χ4v) is 6.55. The molecule has 1 N–H and O–H groups in total. The first kappa shape index (κ1) is 25.8. The van der Waals surface area contributed by atoms with Crippen LogP contribution in [0.4, 0.5) is 0 Å². The topological polar surface area (TPSA) is 44.7 Å². The zero-order chi connectivity index (χ0) is 25.5. The van der Waals surface area contributed by atoms with Crippen LogP contribution in [-0.2, 0) is 11.2 Å². The van der Waals surface area contributed by atoms with Gasteiger partial charge < -0.3 is 5.32 Å². The summed E-state index contributed by atoms with van der Waals surface area (Å²) in [5.74, 6) is 0.496. The van der Waals surface area contributed by atoms with E-state index in [1.54, 1.807) is 0 Å². The van der Waals surface area contributed by atoms with E-state index in [-0.39, 0.29) is 11.9 Å². The lowest BCUT2D eigenvalue weighted by Gasteiger charge is -2.40. The zero-order valence-corrected chi connectivity index (χ0v) is 22.5. The van der Waals surface area contributed by atoms with E-state index in [9.17, 15) is 4.79 Å². The molecule has 1 aromatic rings. The molecule has 2 atom stereocenters. The lowest BCUT2D eigenvalue weighted by atomic mass is 9.86. The van der Waals surface area contributed by atoms with Gasteiger partial charge in [-0.1, -0.05) is 92.0 Å². The standard InChI is InChI=1S/C33H43N3O/c1-25(22-26-14-8-4-9-15-26)34-33(37)31-24-29-19-13-12-18-28(23-27-16-6-2-3-7-17-27)32(29)36(35-31)30-20-10-5-11-21-30/h2-4,6,8-9,14-17,25,28,30H,5,7,10-13,18-24H2,1H3,(H,34,37)/t25-,28?/m0/s1. The molecule has 0 spiro atoms. The van der Waals surface area contributed by atoms with Gasteiger partial charge in [-0.2, -0.15) is 5.10 Å². The molecule has 0 aromatic heterocycles. The SMILES string of the molecule is C[C@@H](Cc1ccccc1)NC(=O)C1=NN(C2CCCCC2)C2=C(CCCCC2CC2=CCC=CC=C2)C1. The first-order chi connectivity index (χ1) is 18.2. The lowest BCUT2D eigenvalue weighted by Crippen LogP contribution is -2.44. The van der Waals surface area contributed by atoms with Crippen molar-refractivity contribution in [2.75, 3.05) is 0 Å². The van der Waals surface area contributed by atoms with Crippen LogP contribution in [0.2, 0.25) is 0 Å². The van der Waals surface area contributed by atoms with E-state index < -0.39 is 0 Å². The molecule has 0 saturated heterocycles. The average Bonchev–Trinajstić information content (AvgIpc) is 3.30. The molecule has 4 heteroatoms. The third-order valence-electron chi connectivity index (χ3n) is 8.39. The number of amides is 1. The summed E-state index contributed by atoms with van der Waals surface area (Å²) >= 11 is 0. The second-order valence-corrected chi connectivity index (χ2v) is 11.4. The molecule has 4 aliphatic rings. The predicted molar refractivity (Wildman–Crippen MR) is 153 cm³/mol. The number of benzene rings is 1. The quantitative estimate of drug-likeness (QED) is 0.426. The van der Waals surface area contributed by atoms with Crippen LogP contribution in [0.1, 0.15) is 89.5 Å². The van der Waals surface area contributed by atoms with E-state index in [0.29, 0.717) is 24.1 Å². The fraction of sp³-hybridized carbons (Fsp3) is 0.515. The number of hydrogen-bond acceptors (Lipinski definition) is 3. The van der Waals surface area contributed by atoms with Crippen LogP contribution in [0.25, 0.3) is 0 Å². The molecule has 0 radical (unpaired) electrons. The van der Waals surface area contributed by atoms with Gasteiger partial charge >= 0.3 is 0 Å². The smallest absolute Gasteiger partial charge is 0.268 e. The van der Waals surface area contributed by atoms with Crippen molar-refractivity contribution in [3.63, 3.8) is 0 Å². The number of rotatable bonds is 7. The third-order valence-corrected chi connectivity index (χ3v) is 8.39. The van der Waals surface area contributed by atoms with Gasteiger partial charge in [0.15, 0.2) is 0 Å². The van der Waals surface area contributed by atoms with Crippen molar-refractivity contribution >= 4 is 11.6 Å². The molecule has 1 amide bonds. The van der Waals surface area contributed by atoms with Gasteiger partial charge in [0, 0.05) is 24.1 Å². The normalized spacial score (nSPS) is 23.5. The molecule has 1 heterocycles. The van der Waals surface area contributed by atoms with Crippen molar-refractivity contribution in [2.45, 2.75) is 102 Å². The molecule has 37 heavy (non-hydrogen) atoms. The van der Waals surface area contributed by atoms with Gasteiger partial charge in [0.1, 0.15) is 5.71 Å². The highest BCUT2D eigenvalue weighted by Crippen LogP contribution is 2.42. The monoisotopic (exact) mass is 497 g/mol.